The summed E-state index contributed by atoms with van der Waals surface area (Å²) in [5.74, 6) is -3.40. The number of amides is 2. The summed E-state index contributed by atoms with van der Waals surface area (Å²) in [6.07, 6.45) is -7.51. The molecule has 3 aliphatic heterocycles. The van der Waals surface area contributed by atoms with Crippen LogP contribution in [0.1, 0.15) is 82.1 Å². The van der Waals surface area contributed by atoms with Crippen LogP contribution in [-0.2, 0) is 77.1 Å². The number of hydrogen-bond acceptors (Lipinski definition) is 25. The molecule has 7 unspecified atom stereocenters. The molecule has 1 aliphatic carbocycles. The molecule has 0 aromatic heterocycles. The molecular weight excluding hydrogens is 985 g/mol. The molecule has 4 aliphatic rings. The second-order valence-corrected chi connectivity index (χ2v) is 16.6. The molecule has 1 saturated carbocycles. The van der Waals surface area contributed by atoms with E-state index in [1.807, 2.05) is 0 Å². The van der Waals surface area contributed by atoms with E-state index >= 15 is 0 Å². The van der Waals surface area contributed by atoms with Crippen molar-refractivity contribution in [1.82, 2.24) is 10.6 Å². The highest BCUT2D eigenvalue weighted by Gasteiger charge is 2.39. The molecule has 0 aromatic carbocycles. The standard InChI is InChI=1S/C8H15NO8S.C8H15NO7S.C7H12O3.C6H10O8S.4CH4.3H2O/c1-4(10)9-5-2-16-6(8(12)7(5)11)3-17-18(13,14)15;1-5(10)9-7-4-15-6(2-8(7)11)3-16-17(12,13)14;8-6-3-1-2-5(4-6)7(9)10;7-3-1-4(6(8)9)13-2-5(3)14-15(10,11)12;;;;;;;/h5-8,11-12H,2-3H2,1H3,(H,9,10)(H,13,14,15);6-8,11H,2-4H2,1H3,(H,9,10)(H,12,13,14);5-6,8H,1-4H2,(H,9,10);3-5,7H,1-2H2,(H,8,9)(H,10,11,12);4*1H4;3*1H2/p-4/t5?,6?,7-,8+;6?,7?,8-;5?,6-;3-,4?,5?;;;;;;;/m0101......./s1. The Balaban J connectivity index is -0.000000141. The first-order chi connectivity index (χ1) is 27.5. The summed E-state index contributed by atoms with van der Waals surface area (Å²) in [6.45, 7) is 0.856. The van der Waals surface area contributed by atoms with Gasteiger partial charge < -0.3 is 95.5 Å². The molecule has 408 valence electrons. The minimum Gasteiger partial charge on any atom is -0.726 e. The third-order valence-corrected chi connectivity index (χ3v) is 9.84. The summed E-state index contributed by atoms with van der Waals surface area (Å²) in [4.78, 5) is 42.3. The van der Waals surface area contributed by atoms with Crippen LogP contribution in [0.4, 0.5) is 0 Å². The SMILES string of the molecule is C.C.C.C.CC(=O)NC1COC(COS(=O)(=O)[O-])C[C@H]1O.CC(=O)NC1COC(COS(=O)(=O)[O-])[C@@H](O)[C@H]1O.O.O.O.O=C(O)C1C[C@@H](O)C(OS(=O)(=O)[O-])CO1.O=C([O-])C1CCC[C@H](O)C1. The van der Waals surface area contributed by atoms with E-state index in [2.05, 4.69) is 27.9 Å². The van der Waals surface area contributed by atoms with Crippen LogP contribution < -0.4 is 15.7 Å². The Labute approximate surface area is 389 Å². The van der Waals surface area contributed by atoms with Gasteiger partial charge in [0.1, 0.15) is 24.4 Å². The molecule has 12 atom stereocenters. The fourth-order valence-electron chi connectivity index (χ4n) is 5.65. The first kappa shape index (κ1) is 78.2. The fraction of sp³-hybridized carbons (Fsp3) is 0.879. The lowest BCUT2D eigenvalue weighted by Crippen LogP contribution is -2.59. The molecule has 4 fully saturated rings. The Morgan fingerprint density at radius 2 is 1.13 bits per heavy atom. The van der Waals surface area contributed by atoms with E-state index in [-0.39, 0.29) is 78.1 Å². The van der Waals surface area contributed by atoms with Crippen molar-refractivity contribution in [2.24, 2.45) is 5.92 Å². The number of nitrogens with one attached hydrogen (secondary N) is 2. The van der Waals surface area contributed by atoms with Crippen molar-refractivity contribution < 1.29 is 137 Å². The zero-order chi connectivity index (χ0) is 46.2. The number of carbonyl (C=O) groups is 4. The average Bonchev–Trinajstić information content (AvgIpc) is 3.10. The zero-order valence-corrected chi connectivity index (χ0v) is 35.7. The van der Waals surface area contributed by atoms with E-state index in [1.54, 1.807) is 0 Å². The smallest absolute Gasteiger partial charge is 0.332 e. The van der Waals surface area contributed by atoms with Crippen molar-refractivity contribution in [1.29, 1.82) is 0 Å². The maximum atomic E-state index is 10.8. The van der Waals surface area contributed by atoms with Crippen LogP contribution in [0.2, 0.25) is 0 Å². The normalized spacial score (nSPS) is 28.8. The van der Waals surface area contributed by atoms with Crippen LogP contribution in [0.3, 0.4) is 0 Å². The number of aliphatic hydroxyl groups is 5. The molecule has 34 heteroatoms. The zero-order valence-electron chi connectivity index (χ0n) is 33.3. The first-order valence-electron chi connectivity index (χ1n) is 17.6. The largest absolute Gasteiger partial charge is 0.726 e. The van der Waals surface area contributed by atoms with Crippen LogP contribution in [0, 0.1) is 5.92 Å². The van der Waals surface area contributed by atoms with Crippen LogP contribution >= 0.6 is 0 Å². The lowest BCUT2D eigenvalue weighted by molar-refractivity contribution is -0.313. The van der Waals surface area contributed by atoms with Crippen molar-refractivity contribution in [2.45, 2.75) is 149 Å². The van der Waals surface area contributed by atoms with Crippen LogP contribution in [0.15, 0.2) is 0 Å². The quantitative estimate of drug-likeness (QED) is 0.0665. The van der Waals surface area contributed by atoms with E-state index in [4.69, 9.17) is 19.7 Å². The number of hydrogen-bond donors (Lipinski definition) is 8. The van der Waals surface area contributed by atoms with Gasteiger partial charge in [0.2, 0.25) is 43.0 Å². The Hall–Kier alpha value is -2.95. The highest BCUT2D eigenvalue weighted by Crippen LogP contribution is 2.23. The topological polar surface area (TPSA) is 558 Å². The third kappa shape index (κ3) is 34.1. The Morgan fingerprint density at radius 3 is 1.54 bits per heavy atom. The maximum absolute atomic E-state index is 10.8. The molecule has 67 heavy (non-hydrogen) atoms. The van der Waals surface area contributed by atoms with Crippen molar-refractivity contribution in [2.75, 3.05) is 33.0 Å². The summed E-state index contributed by atoms with van der Waals surface area (Å²) in [7, 11) is -14.6. The number of rotatable bonds is 12. The summed E-state index contributed by atoms with van der Waals surface area (Å²) in [6, 6.07) is -1.34. The molecule has 0 radical (unpaired) electrons. The number of ether oxygens (including phenoxy) is 3. The summed E-state index contributed by atoms with van der Waals surface area (Å²) >= 11 is 0. The van der Waals surface area contributed by atoms with Gasteiger partial charge in [-0.15, -0.1) is 0 Å². The van der Waals surface area contributed by atoms with E-state index in [9.17, 15) is 83.6 Å². The highest BCUT2D eigenvalue weighted by molar-refractivity contribution is 7.81. The van der Waals surface area contributed by atoms with E-state index in [0.717, 1.165) is 12.8 Å². The summed E-state index contributed by atoms with van der Waals surface area (Å²) in [5.41, 5.74) is 0. The van der Waals surface area contributed by atoms with Crippen molar-refractivity contribution in [3.63, 3.8) is 0 Å². The monoisotopic (exact) mass is 1050 g/mol. The van der Waals surface area contributed by atoms with E-state index in [0.29, 0.717) is 12.8 Å². The Morgan fingerprint density at radius 1 is 0.642 bits per heavy atom. The molecule has 3 saturated heterocycles. The molecule has 31 nitrogen and oxygen atoms in total. The van der Waals surface area contributed by atoms with Gasteiger partial charge in [0.25, 0.3) is 0 Å². The summed E-state index contributed by atoms with van der Waals surface area (Å²) in [5, 5.41) is 70.9. The number of aliphatic hydroxyl groups excluding tert-OH is 5. The number of aliphatic carboxylic acids is 2. The second kappa shape index (κ2) is 36.1. The fourth-order valence-corrected chi connectivity index (χ4v) is 6.75. The van der Waals surface area contributed by atoms with Gasteiger partial charge in [0, 0.05) is 38.6 Å². The molecule has 0 spiro atoms. The van der Waals surface area contributed by atoms with Crippen molar-refractivity contribution in [3.8, 4) is 0 Å². The Kier molecular flexibility index (Phi) is 42.1. The van der Waals surface area contributed by atoms with E-state index in [1.165, 1.54) is 13.8 Å². The molecule has 2 amide bonds. The van der Waals surface area contributed by atoms with Crippen LogP contribution in [0.5, 0.6) is 0 Å². The number of carboxylic acids is 2. The molecule has 0 bridgehead atoms. The van der Waals surface area contributed by atoms with Gasteiger partial charge in [-0.25, -0.2) is 30.0 Å². The van der Waals surface area contributed by atoms with Gasteiger partial charge in [-0.1, -0.05) is 36.1 Å². The third-order valence-electron chi connectivity index (χ3n) is 8.51. The molecule has 4 rings (SSSR count). The molecule has 0 aromatic rings. The van der Waals surface area contributed by atoms with Crippen LogP contribution in [0.25, 0.3) is 0 Å². The predicted molar refractivity (Wildman–Crippen MR) is 222 cm³/mol. The van der Waals surface area contributed by atoms with Crippen molar-refractivity contribution in [3.05, 3.63) is 0 Å². The van der Waals surface area contributed by atoms with Gasteiger partial charge in [0.05, 0.1) is 69.5 Å². The summed E-state index contributed by atoms with van der Waals surface area (Å²) < 4.78 is 119. The predicted octanol–water partition coefficient (Wildman–Crippen LogP) is -7.37. The number of carbonyl (C=O) groups excluding carboxylic acids is 3. The maximum Gasteiger partial charge on any atom is 0.332 e. The molecule has 14 N–H and O–H groups in total. The lowest BCUT2D eigenvalue weighted by Gasteiger charge is -2.37. The second-order valence-electron chi connectivity index (χ2n) is 13.5. The molecular formula is C33H70N2O29S3-4. The van der Waals surface area contributed by atoms with Gasteiger partial charge in [-0.2, -0.15) is 0 Å². The average molecular weight is 1060 g/mol. The number of carboxylic acid groups (broad SMARTS) is 2. The van der Waals surface area contributed by atoms with E-state index < -0.39 is 142 Å². The van der Waals surface area contributed by atoms with Gasteiger partial charge >= 0.3 is 5.97 Å². The lowest BCUT2D eigenvalue weighted by atomic mass is 9.87. The van der Waals surface area contributed by atoms with Crippen LogP contribution in [-0.4, -0.2) is 210 Å². The minimum absolute atomic E-state index is 0. The van der Waals surface area contributed by atoms with Crippen molar-refractivity contribution >= 4 is 54.9 Å². The minimum atomic E-state index is -4.93. The van der Waals surface area contributed by atoms with Gasteiger partial charge in [0.15, 0.2) is 6.10 Å². The van der Waals surface area contributed by atoms with Gasteiger partial charge in [-0.3, -0.25) is 22.1 Å². The highest BCUT2D eigenvalue weighted by atomic mass is 32.3. The first-order valence-corrected chi connectivity index (χ1v) is 21.6. The molecule has 3 heterocycles. The Bertz CT molecular complexity index is 1720. The van der Waals surface area contributed by atoms with Gasteiger partial charge in [-0.05, 0) is 19.3 Å².